The maximum absolute atomic E-state index is 12.3. The van der Waals surface area contributed by atoms with Gasteiger partial charge in [-0.05, 0) is 45.2 Å². The van der Waals surface area contributed by atoms with E-state index in [1.165, 1.54) is 6.92 Å². The van der Waals surface area contributed by atoms with Crippen molar-refractivity contribution in [3.05, 3.63) is 29.3 Å². The van der Waals surface area contributed by atoms with Gasteiger partial charge < -0.3 is 15.0 Å². The molecule has 1 aromatic carbocycles. The Hall–Kier alpha value is -2.37. The number of benzene rings is 1. The molecular weight excluding hydrogens is 320 g/mol. The topological polar surface area (TPSA) is 75.7 Å². The second-order valence-corrected chi connectivity index (χ2v) is 6.69. The fraction of sp³-hybridized carbons (Fsp3) is 0.526. The predicted octanol–water partition coefficient (Wildman–Crippen LogP) is 2.43. The van der Waals surface area contributed by atoms with E-state index in [4.69, 9.17) is 4.74 Å². The van der Waals surface area contributed by atoms with Crippen LogP contribution >= 0.6 is 0 Å². The molecule has 0 aromatic heterocycles. The quantitative estimate of drug-likeness (QED) is 0.850. The number of nitrogens with zero attached hydrogens (tertiary/aromatic N) is 1. The summed E-state index contributed by atoms with van der Waals surface area (Å²) in [6, 6.07) is 5.73. The predicted molar refractivity (Wildman–Crippen MR) is 95.1 cm³/mol. The first kappa shape index (κ1) is 19.0. The molecule has 1 fully saturated rings. The lowest BCUT2D eigenvalue weighted by atomic mass is 9.98. The fourth-order valence-corrected chi connectivity index (χ4v) is 2.97. The number of esters is 1. The number of piperidine rings is 1. The zero-order chi connectivity index (χ0) is 18.6. The Bertz CT molecular complexity index is 671. The fourth-order valence-electron chi connectivity index (χ4n) is 2.97. The van der Waals surface area contributed by atoms with E-state index in [1.807, 2.05) is 32.0 Å². The number of ether oxygens (including phenoxy) is 1. The van der Waals surface area contributed by atoms with Gasteiger partial charge in [0.15, 0.2) is 6.10 Å². The van der Waals surface area contributed by atoms with Crippen LogP contribution in [-0.4, -0.2) is 41.9 Å². The lowest BCUT2D eigenvalue weighted by molar-refractivity contribution is -0.159. The monoisotopic (exact) mass is 346 g/mol. The van der Waals surface area contributed by atoms with Gasteiger partial charge in [-0.3, -0.25) is 14.4 Å². The van der Waals surface area contributed by atoms with Crippen molar-refractivity contribution in [2.24, 2.45) is 5.92 Å². The molecule has 0 spiro atoms. The third-order valence-electron chi connectivity index (χ3n) is 4.50. The summed E-state index contributed by atoms with van der Waals surface area (Å²) in [7, 11) is 0. The molecule has 2 amide bonds. The highest BCUT2D eigenvalue weighted by atomic mass is 16.5. The number of amides is 2. The molecule has 0 unspecified atom stereocenters. The van der Waals surface area contributed by atoms with Crippen molar-refractivity contribution in [1.82, 2.24) is 4.90 Å². The SMILES string of the molecule is CC(=O)N1CCC[C@@H](C(=O)O[C@@H](C)C(=O)Nc2ccc(C)cc2C)C1. The van der Waals surface area contributed by atoms with Crippen LogP contribution in [-0.2, 0) is 19.1 Å². The number of anilines is 1. The van der Waals surface area contributed by atoms with E-state index in [1.54, 1.807) is 11.8 Å². The molecule has 0 radical (unpaired) electrons. The maximum Gasteiger partial charge on any atom is 0.311 e. The summed E-state index contributed by atoms with van der Waals surface area (Å²) in [4.78, 5) is 37.7. The van der Waals surface area contributed by atoms with Gasteiger partial charge >= 0.3 is 5.97 Å². The van der Waals surface area contributed by atoms with E-state index >= 15 is 0 Å². The van der Waals surface area contributed by atoms with Crippen molar-refractivity contribution < 1.29 is 19.1 Å². The van der Waals surface area contributed by atoms with E-state index in [9.17, 15) is 14.4 Å². The van der Waals surface area contributed by atoms with Crippen molar-refractivity contribution in [3.8, 4) is 0 Å². The third kappa shape index (κ3) is 5.05. The van der Waals surface area contributed by atoms with Crippen LogP contribution in [0.2, 0.25) is 0 Å². The molecule has 0 aliphatic carbocycles. The standard InChI is InChI=1S/C19H26N2O4/c1-12-7-8-17(13(2)10-12)20-18(23)14(3)25-19(24)16-6-5-9-21(11-16)15(4)22/h7-8,10,14,16H,5-6,9,11H2,1-4H3,(H,20,23)/t14-,16+/m0/s1. The van der Waals surface area contributed by atoms with Gasteiger partial charge in [0.05, 0.1) is 5.92 Å². The molecule has 1 saturated heterocycles. The molecule has 1 heterocycles. The average Bonchev–Trinajstić information content (AvgIpc) is 2.57. The van der Waals surface area contributed by atoms with Crippen LogP contribution < -0.4 is 5.32 Å². The van der Waals surface area contributed by atoms with Crippen LogP contribution in [0.4, 0.5) is 5.69 Å². The Balaban J connectivity index is 1.91. The molecule has 0 saturated carbocycles. The summed E-state index contributed by atoms with van der Waals surface area (Å²) in [6.07, 6.45) is 0.553. The molecule has 1 aromatic rings. The van der Waals surface area contributed by atoms with Gasteiger partial charge in [0.25, 0.3) is 5.91 Å². The molecular formula is C19H26N2O4. The number of likely N-dealkylation sites (tertiary alicyclic amines) is 1. The van der Waals surface area contributed by atoms with Gasteiger partial charge in [-0.25, -0.2) is 0 Å². The van der Waals surface area contributed by atoms with Gasteiger partial charge in [0.2, 0.25) is 5.91 Å². The number of hydrogen-bond donors (Lipinski definition) is 1. The van der Waals surface area contributed by atoms with Crippen LogP contribution in [0, 0.1) is 19.8 Å². The van der Waals surface area contributed by atoms with Crippen molar-refractivity contribution >= 4 is 23.5 Å². The molecule has 0 bridgehead atoms. The molecule has 1 aliphatic heterocycles. The second-order valence-electron chi connectivity index (χ2n) is 6.69. The zero-order valence-corrected chi connectivity index (χ0v) is 15.3. The highest BCUT2D eigenvalue weighted by molar-refractivity contribution is 5.95. The highest BCUT2D eigenvalue weighted by Crippen LogP contribution is 2.20. The van der Waals surface area contributed by atoms with Crippen molar-refractivity contribution in [2.45, 2.75) is 46.6 Å². The number of carbonyl (C=O) groups excluding carboxylic acids is 3. The minimum absolute atomic E-state index is 0.0434. The number of aryl methyl sites for hydroxylation is 2. The minimum atomic E-state index is -0.888. The van der Waals surface area contributed by atoms with Gasteiger partial charge in [-0.15, -0.1) is 0 Å². The van der Waals surface area contributed by atoms with Crippen molar-refractivity contribution in [1.29, 1.82) is 0 Å². The first-order valence-corrected chi connectivity index (χ1v) is 8.62. The van der Waals surface area contributed by atoms with E-state index in [0.29, 0.717) is 25.2 Å². The van der Waals surface area contributed by atoms with Crippen LogP contribution in [0.25, 0.3) is 0 Å². The smallest absolute Gasteiger partial charge is 0.311 e. The van der Waals surface area contributed by atoms with E-state index in [-0.39, 0.29) is 17.7 Å². The lowest BCUT2D eigenvalue weighted by Crippen LogP contribution is -2.43. The van der Waals surface area contributed by atoms with E-state index < -0.39 is 12.1 Å². The van der Waals surface area contributed by atoms with Crippen LogP contribution in [0.15, 0.2) is 18.2 Å². The zero-order valence-electron chi connectivity index (χ0n) is 15.3. The van der Waals surface area contributed by atoms with Crippen LogP contribution in [0.5, 0.6) is 0 Å². The van der Waals surface area contributed by atoms with Gasteiger partial charge in [-0.1, -0.05) is 17.7 Å². The Morgan fingerprint density at radius 1 is 1.28 bits per heavy atom. The molecule has 1 N–H and O–H groups in total. The Morgan fingerprint density at radius 2 is 2.00 bits per heavy atom. The first-order chi connectivity index (χ1) is 11.8. The summed E-state index contributed by atoms with van der Waals surface area (Å²) in [6.45, 7) is 7.98. The Kier molecular flexibility index (Phi) is 6.17. The number of nitrogens with one attached hydrogen (secondary N) is 1. The third-order valence-corrected chi connectivity index (χ3v) is 4.50. The van der Waals surface area contributed by atoms with Crippen LogP contribution in [0.3, 0.4) is 0 Å². The number of carbonyl (C=O) groups is 3. The summed E-state index contributed by atoms with van der Waals surface area (Å²) in [5.41, 5.74) is 2.78. The molecule has 136 valence electrons. The molecule has 25 heavy (non-hydrogen) atoms. The first-order valence-electron chi connectivity index (χ1n) is 8.62. The lowest BCUT2D eigenvalue weighted by Gasteiger charge is -2.31. The van der Waals surface area contributed by atoms with Crippen molar-refractivity contribution in [3.63, 3.8) is 0 Å². The normalized spacial score (nSPS) is 18.4. The summed E-state index contributed by atoms with van der Waals surface area (Å²) in [5, 5.41) is 2.79. The van der Waals surface area contributed by atoms with Crippen LogP contribution in [0.1, 0.15) is 37.8 Å². The van der Waals surface area contributed by atoms with E-state index in [2.05, 4.69) is 5.32 Å². The maximum atomic E-state index is 12.3. The van der Waals surface area contributed by atoms with Gasteiger partial charge in [0, 0.05) is 25.7 Å². The highest BCUT2D eigenvalue weighted by Gasteiger charge is 2.30. The van der Waals surface area contributed by atoms with E-state index in [0.717, 1.165) is 17.5 Å². The molecule has 2 rings (SSSR count). The number of hydrogen-bond acceptors (Lipinski definition) is 4. The average molecular weight is 346 g/mol. The minimum Gasteiger partial charge on any atom is -0.452 e. The van der Waals surface area contributed by atoms with Crippen molar-refractivity contribution in [2.75, 3.05) is 18.4 Å². The number of rotatable bonds is 4. The summed E-state index contributed by atoms with van der Waals surface area (Å²) < 4.78 is 5.33. The summed E-state index contributed by atoms with van der Waals surface area (Å²) in [5.74, 6) is -1.19. The second kappa shape index (κ2) is 8.14. The largest absolute Gasteiger partial charge is 0.452 e. The molecule has 6 heteroatoms. The molecule has 6 nitrogen and oxygen atoms in total. The molecule has 1 aliphatic rings. The van der Waals surface area contributed by atoms with Gasteiger partial charge in [-0.2, -0.15) is 0 Å². The summed E-state index contributed by atoms with van der Waals surface area (Å²) >= 11 is 0. The molecule has 2 atom stereocenters. The Labute approximate surface area is 148 Å². The Morgan fingerprint density at radius 3 is 2.64 bits per heavy atom. The van der Waals surface area contributed by atoms with Gasteiger partial charge in [0.1, 0.15) is 0 Å².